The summed E-state index contributed by atoms with van der Waals surface area (Å²) in [5, 5.41) is 1.25. The SMILES string of the molecule is CCc1cc(N)cc2ccn(CC)c12. The van der Waals surface area contributed by atoms with Crippen molar-refractivity contribution >= 4 is 16.6 Å². The van der Waals surface area contributed by atoms with Crippen LogP contribution in [0.2, 0.25) is 0 Å². The van der Waals surface area contributed by atoms with Gasteiger partial charge in [-0.1, -0.05) is 6.92 Å². The van der Waals surface area contributed by atoms with Crippen LogP contribution in [0.15, 0.2) is 24.4 Å². The summed E-state index contributed by atoms with van der Waals surface area (Å²) < 4.78 is 2.27. The van der Waals surface area contributed by atoms with E-state index >= 15 is 0 Å². The Hall–Kier alpha value is -1.44. The Morgan fingerprint density at radius 3 is 2.71 bits per heavy atom. The summed E-state index contributed by atoms with van der Waals surface area (Å²) in [5.74, 6) is 0. The van der Waals surface area contributed by atoms with Crippen LogP contribution >= 0.6 is 0 Å². The average Bonchev–Trinajstić information content (AvgIpc) is 2.59. The smallest absolute Gasteiger partial charge is 0.0514 e. The maximum absolute atomic E-state index is 5.84. The molecule has 0 atom stereocenters. The van der Waals surface area contributed by atoms with Crippen molar-refractivity contribution in [3.63, 3.8) is 0 Å². The fourth-order valence-electron chi connectivity index (χ4n) is 2.00. The van der Waals surface area contributed by atoms with Crippen LogP contribution in [-0.4, -0.2) is 4.57 Å². The molecule has 1 aromatic carbocycles. The maximum Gasteiger partial charge on any atom is 0.0514 e. The van der Waals surface area contributed by atoms with Crippen molar-refractivity contribution in [2.24, 2.45) is 0 Å². The van der Waals surface area contributed by atoms with Crippen molar-refractivity contribution in [3.8, 4) is 0 Å². The standard InChI is InChI=1S/C12H16N2/c1-3-9-7-11(13)8-10-5-6-14(4-2)12(9)10/h5-8H,3-4,13H2,1-2H3. The highest BCUT2D eigenvalue weighted by Crippen LogP contribution is 2.24. The largest absolute Gasteiger partial charge is 0.399 e. The van der Waals surface area contributed by atoms with E-state index in [2.05, 4.69) is 36.7 Å². The molecule has 2 aromatic rings. The summed E-state index contributed by atoms with van der Waals surface area (Å²) in [6, 6.07) is 6.25. The van der Waals surface area contributed by atoms with E-state index in [1.165, 1.54) is 16.5 Å². The summed E-state index contributed by atoms with van der Waals surface area (Å²) in [5.41, 5.74) is 9.38. The minimum Gasteiger partial charge on any atom is -0.399 e. The fourth-order valence-corrected chi connectivity index (χ4v) is 2.00. The van der Waals surface area contributed by atoms with Gasteiger partial charge in [-0.15, -0.1) is 0 Å². The highest BCUT2D eigenvalue weighted by atomic mass is 14.9. The van der Waals surface area contributed by atoms with Gasteiger partial charge in [-0.05, 0) is 37.1 Å². The van der Waals surface area contributed by atoms with E-state index in [1.54, 1.807) is 0 Å². The van der Waals surface area contributed by atoms with E-state index in [1.807, 2.05) is 6.07 Å². The molecule has 1 heterocycles. The number of fused-ring (bicyclic) bond motifs is 1. The van der Waals surface area contributed by atoms with Crippen LogP contribution in [0.4, 0.5) is 5.69 Å². The normalized spacial score (nSPS) is 11.0. The van der Waals surface area contributed by atoms with Crippen LogP contribution in [0.3, 0.4) is 0 Å². The lowest BCUT2D eigenvalue weighted by Gasteiger charge is -2.07. The minimum absolute atomic E-state index is 0.864. The molecule has 0 unspecified atom stereocenters. The Kier molecular flexibility index (Phi) is 2.20. The molecule has 0 saturated carbocycles. The number of benzene rings is 1. The summed E-state index contributed by atoms with van der Waals surface area (Å²) in [6.07, 6.45) is 3.16. The van der Waals surface area contributed by atoms with Gasteiger partial charge in [0.15, 0.2) is 0 Å². The zero-order valence-electron chi connectivity index (χ0n) is 8.75. The summed E-state index contributed by atoms with van der Waals surface area (Å²) in [6.45, 7) is 5.34. The van der Waals surface area contributed by atoms with Gasteiger partial charge in [-0.25, -0.2) is 0 Å². The summed E-state index contributed by atoms with van der Waals surface area (Å²) in [7, 11) is 0. The monoisotopic (exact) mass is 188 g/mol. The molecular formula is C12H16N2. The van der Waals surface area contributed by atoms with E-state index in [0.717, 1.165) is 18.7 Å². The third-order valence-electron chi connectivity index (χ3n) is 2.68. The third-order valence-corrected chi connectivity index (χ3v) is 2.68. The van der Waals surface area contributed by atoms with Gasteiger partial charge in [-0.3, -0.25) is 0 Å². The molecule has 0 aliphatic rings. The van der Waals surface area contributed by atoms with Crippen LogP contribution in [0.25, 0.3) is 10.9 Å². The molecule has 1 aromatic heterocycles. The predicted octanol–water partition coefficient (Wildman–Crippen LogP) is 2.81. The first-order valence-corrected chi connectivity index (χ1v) is 5.13. The van der Waals surface area contributed by atoms with E-state index in [9.17, 15) is 0 Å². The number of rotatable bonds is 2. The van der Waals surface area contributed by atoms with Crippen molar-refractivity contribution < 1.29 is 0 Å². The number of nitrogens with two attached hydrogens (primary N) is 1. The fraction of sp³-hybridized carbons (Fsp3) is 0.333. The molecule has 0 bridgehead atoms. The minimum atomic E-state index is 0.864. The topological polar surface area (TPSA) is 30.9 Å². The Balaban J connectivity index is 2.78. The van der Waals surface area contributed by atoms with E-state index < -0.39 is 0 Å². The number of nitrogens with zero attached hydrogens (tertiary/aromatic N) is 1. The molecule has 2 nitrogen and oxygen atoms in total. The van der Waals surface area contributed by atoms with Gasteiger partial charge >= 0.3 is 0 Å². The zero-order valence-corrected chi connectivity index (χ0v) is 8.75. The highest BCUT2D eigenvalue weighted by molar-refractivity contribution is 5.86. The van der Waals surface area contributed by atoms with Crippen molar-refractivity contribution in [3.05, 3.63) is 30.0 Å². The quantitative estimate of drug-likeness (QED) is 0.722. The highest BCUT2D eigenvalue weighted by Gasteiger charge is 2.05. The molecule has 14 heavy (non-hydrogen) atoms. The second kappa shape index (κ2) is 3.37. The van der Waals surface area contributed by atoms with Crippen molar-refractivity contribution in [1.82, 2.24) is 4.57 Å². The molecule has 74 valence electrons. The van der Waals surface area contributed by atoms with Crippen LogP contribution in [0, 0.1) is 0 Å². The Bertz CT molecular complexity index is 455. The first-order chi connectivity index (χ1) is 6.76. The number of nitrogen functional groups attached to an aromatic ring is 1. The molecule has 2 N–H and O–H groups in total. The van der Waals surface area contributed by atoms with Crippen LogP contribution in [0.1, 0.15) is 19.4 Å². The number of aryl methyl sites for hydroxylation is 2. The lowest BCUT2D eigenvalue weighted by molar-refractivity contribution is 0.793. The molecule has 0 fully saturated rings. The Morgan fingerprint density at radius 2 is 2.07 bits per heavy atom. The predicted molar refractivity (Wildman–Crippen MR) is 61.4 cm³/mol. The van der Waals surface area contributed by atoms with Gasteiger partial charge in [-0.2, -0.15) is 0 Å². The number of anilines is 1. The molecular weight excluding hydrogens is 172 g/mol. The third kappa shape index (κ3) is 1.27. The number of hydrogen-bond acceptors (Lipinski definition) is 1. The van der Waals surface area contributed by atoms with Gasteiger partial charge in [0, 0.05) is 23.8 Å². The van der Waals surface area contributed by atoms with Crippen LogP contribution in [-0.2, 0) is 13.0 Å². The molecule has 0 aliphatic heterocycles. The molecule has 0 saturated heterocycles. The molecule has 0 aliphatic carbocycles. The summed E-state index contributed by atoms with van der Waals surface area (Å²) >= 11 is 0. The second-order valence-electron chi connectivity index (χ2n) is 3.57. The van der Waals surface area contributed by atoms with Crippen LogP contribution < -0.4 is 5.73 Å². The van der Waals surface area contributed by atoms with Crippen molar-refractivity contribution in [2.75, 3.05) is 5.73 Å². The van der Waals surface area contributed by atoms with Gasteiger partial charge in [0.1, 0.15) is 0 Å². The van der Waals surface area contributed by atoms with Gasteiger partial charge < -0.3 is 10.3 Å². The lowest BCUT2D eigenvalue weighted by atomic mass is 10.1. The number of aromatic nitrogens is 1. The first-order valence-electron chi connectivity index (χ1n) is 5.13. The van der Waals surface area contributed by atoms with Crippen molar-refractivity contribution in [2.45, 2.75) is 26.8 Å². The van der Waals surface area contributed by atoms with Gasteiger partial charge in [0.2, 0.25) is 0 Å². The number of hydrogen-bond donors (Lipinski definition) is 1. The molecule has 2 rings (SSSR count). The van der Waals surface area contributed by atoms with Crippen LogP contribution in [0.5, 0.6) is 0 Å². The van der Waals surface area contributed by atoms with Crippen molar-refractivity contribution in [1.29, 1.82) is 0 Å². The van der Waals surface area contributed by atoms with Gasteiger partial charge in [0.25, 0.3) is 0 Å². The van der Waals surface area contributed by atoms with E-state index in [0.29, 0.717) is 0 Å². The second-order valence-corrected chi connectivity index (χ2v) is 3.57. The maximum atomic E-state index is 5.84. The Labute approximate surface area is 84.3 Å². The molecule has 0 spiro atoms. The molecule has 0 amide bonds. The van der Waals surface area contributed by atoms with E-state index in [4.69, 9.17) is 5.73 Å². The summed E-state index contributed by atoms with van der Waals surface area (Å²) in [4.78, 5) is 0. The van der Waals surface area contributed by atoms with E-state index in [-0.39, 0.29) is 0 Å². The first kappa shape index (κ1) is 9.13. The molecule has 2 heteroatoms. The Morgan fingerprint density at radius 1 is 1.29 bits per heavy atom. The zero-order chi connectivity index (χ0) is 10.1. The molecule has 0 radical (unpaired) electrons. The van der Waals surface area contributed by atoms with Gasteiger partial charge in [0.05, 0.1) is 5.52 Å². The average molecular weight is 188 g/mol. The lowest BCUT2D eigenvalue weighted by Crippen LogP contribution is -1.96.